The lowest BCUT2D eigenvalue weighted by atomic mass is 9.54. The molecule has 2 bridgehead atoms. The van der Waals surface area contributed by atoms with Crippen LogP contribution >= 0.6 is 0 Å². The van der Waals surface area contributed by atoms with E-state index < -0.39 is 5.60 Å². The third kappa shape index (κ3) is 1.15. The molecule has 96 valence electrons. The molecule has 0 radical (unpaired) electrons. The smallest absolute Gasteiger partial charge is 0.0943 e. The molecule has 2 saturated heterocycles. The maximum atomic E-state index is 11.3. The SMILES string of the molecule is O[C@@]12CCOC[C@@]13CCN[C@@H]2Cc1ccccc13. The zero-order valence-electron chi connectivity index (χ0n) is 10.5. The molecule has 0 spiro atoms. The van der Waals surface area contributed by atoms with Gasteiger partial charge in [-0.25, -0.2) is 0 Å². The zero-order valence-corrected chi connectivity index (χ0v) is 10.5. The molecule has 3 atom stereocenters. The fraction of sp³-hybridized carbons (Fsp3) is 0.600. The van der Waals surface area contributed by atoms with Crippen molar-refractivity contribution >= 4 is 0 Å². The molecule has 0 amide bonds. The van der Waals surface area contributed by atoms with Crippen LogP contribution in [0.3, 0.4) is 0 Å². The molecule has 4 rings (SSSR count). The molecule has 2 N–H and O–H groups in total. The van der Waals surface area contributed by atoms with E-state index in [1.54, 1.807) is 0 Å². The third-order valence-electron chi connectivity index (χ3n) is 5.28. The third-order valence-corrected chi connectivity index (χ3v) is 5.28. The van der Waals surface area contributed by atoms with Crippen LogP contribution in [-0.4, -0.2) is 36.5 Å². The minimum atomic E-state index is -0.627. The van der Waals surface area contributed by atoms with Gasteiger partial charge < -0.3 is 15.2 Å². The molecule has 2 fully saturated rings. The number of ether oxygens (including phenoxy) is 1. The summed E-state index contributed by atoms with van der Waals surface area (Å²) in [5, 5.41) is 14.8. The van der Waals surface area contributed by atoms with Crippen LogP contribution in [0.5, 0.6) is 0 Å². The van der Waals surface area contributed by atoms with E-state index in [-0.39, 0.29) is 11.5 Å². The molecule has 2 heterocycles. The highest BCUT2D eigenvalue weighted by molar-refractivity contribution is 5.44. The van der Waals surface area contributed by atoms with Gasteiger partial charge in [-0.2, -0.15) is 0 Å². The van der Waals surface area contributed by atoms with Gasteiger partial charge in [0.15, 0.2) is 0 Å². The van der Waals surface area contributed by atoms with Crippen molar-refractivity contribution in [2.45, 2.75) is 36.3 Å². The van der Waals surface area contributed by atoms with E-state index in [1.165, 1.54) is 11.1 Å². The highest BCUT2D eigenvalue weighted by Crippen LogP contribution is 2.52. The molecule has 2 aliphatic heterocycles. The van der Waals surface area contributed by atoms with Crippen molar-refractivity contribution in [3.8, 4) is 0 Å². The first-order valence-corrected chi connectivity index (χ1v) is 6.88. The van der Waals surface area contributed by atoms with Gasteiger partial charge in [-0.1, -0.05) is 24.3 Å². The zero-order chi connectivity index (χ0) is 12.2. The van der Waals surface area contributed by atoms with E-state index >= 15 is 0 Å². The van der Waals surface area contributed by atoms with Gasteiger partial charge >= 0.3 is 0 Å². The second kappa shape index (κ2) is 3.56. The maximum Gasteiger partial charge on any atom is 0.0943 e. The number of nitrogens with one attached hydrogen (secondary N) is 1. The molecule has 18 heavy (non-hydrogen) atoms. The normalized spacial score (nSPS) is 41.9. The first-order chi connectivity index (χ1) is 8.76. The summed E-state index contributed by atoms with van der Waals surface area (Å²) in [7, 11) is 0. The van der Waals surface area contributed by atoms with Gasteiger partial charge in [0.2, 0.25) is 0 Å². The summed E-state index contributed by atoms with van der Waals surface area (Å²) in [6, 6.07) is 8.76. The minimum absolute atomic E-state index is 0.185. The molecular formula is C15H19NO2. The quantitative estimate of drug-likeness (QED) is 0.716. The van der Waals surface area contributed by atoms with Gasteiger partial charge in [-0.3, -0.25) is 0 Å². The van der Waals surface area contributed by atoms with E-state index in [2.05, 4.69) is 29.6 Å². The number of fused-ring (bicyclic) bond motifs is 1. The van der Waals surface area contributed by atoms with E-state index in [1.807, 2.05) is 0 Å². The Kier molecular flexibility index (Phi) is 2.17. The Morgan fingerprint density at radius 3 is 3.11 bits per heavy atom. The molecule has 0 aromatic heterocycles. The highest BCUT2D eigenvalue weighted by Gasteiger charge is 2.61. The second-order valence-electron chi connectivity index (χ2n) is 5.93. The average Bonchev–Trinajstić information content (AvgIpc) is 2.38. The Morgan fingerprint density at radius 2 is 2.17 bits per heavy atom. The van der Waals surface area contributed by atoms with Crippen LogP contribution < -0.4 is 5.32 Å². The van der Waals surface area contributed by atoms with Crippen LogP contribution in [0.2, 0.25) is 0 Å². The summed E-state index contributed by atoms with van der Waals surface area (Å²) in [6.45, 7) is 2.32. The lowest BCUT2D eigenvalue weighted by Gasteiger charge is -2.60. The molecule has 3 heteroatoms. The van der Waals surface area contributed by atoms with Crippen molar-refractivity contribution in [2.24, 2.45) is 0 Å². The van der Waals surface area contributed by atoms with E-state index in [0.717, 1.165) is 25.8 Å². The minimum Gasteiger partial charge on any atom is -0.387 e. The number of benzene rings is 1. The predicted octanol–water partition coefficient (Wildman–Crippen LogP) is 0.994. The fourth-order valence-electron chi connectivity index (χ4n) is 4.34. The van der Waals surface area contributed by atoms with Crippen LogP contribution in [0.1, 0.15) is 24.0 Å². The average molecular weight is 245 g/mol. The number of hydrogen-bond acceptors (Lipinski definition) is 3. The molecule has 3 aliphatic rings. The number of hydrogen-bond donors (Lipinski definition) is 2. The summed E-state index contributed by atoms with van der Waals surface area (Å²) in [5.74, 6) is 0. The van der Waals surface area contributed by atoms with Gasteiger partial charge in [-0.05, 0) is 30.5 Å². The number of rotatable bonds is 0. The van der Waals surface area contributed by atoms with Gasteiger partial charge in [0.25, 0.3) is 0 Å². The van der Waals surface area contributed by atoms with Crippen molar-refractivity contribution < 1.29 is 9.84 Å². The standard InChI is InChI=1S/C15H19NO2/c17-15-6-8-18-10-14(15)5-7-16-13(15)9-11-3-1-2-4-12(11)14/h1-4,13,16-17H,5-10H2/t13-,14-,15-/m1/s1. The highest BCUT2D eigenvalue weighted by atomic mass is 16.5. The van der Waals surface area contributed by atoms with Crippen molar-refractivity contribution in [1.82, 2.24) is 5.32 Å². The molecule has 1 aliphatic carbocycles. The summed E-state index contributed by atoms with van der Waals surface area (Å²) in [6.07, 6.45) is 2.66. The van der Waals surface area contributed by atoms with Crippen molar-refractivity contribution in [3.63, 3.8) is 0 Å². The van der Waals surface area contributed by atoms with Gasteiger partial charge in [0, 0.05) is 19.1 Å². The molecule has 0 unspecified atom stereocenters. The summed E-state index contributed by atoms with van der Waals surface area (Å²) >= 11 is 0. The van der Waals surface area contributed by atoms with Gasteiger partial charge in [0.1, 0.15) is 0 Å². The first-order valence-electron chi connectivity index (χ1n) is 6.88. The van der Waals surface area contributed by atoms with Crippen LogP contribution in [0.25, 0.3) is 0 Å². The molecule has 1 aromatic carbocycles. The Labute approximate surface area is 107 Å². The number of piperidine rings is 1. The summed E-state index contributed by atoms with van der Waals surface area (Å²) in [5.41, 5.74) is 1.89. The topological polar surface area (TPSA) is 41.5 Å². The second-order valence-corrected chi connectivity index (χ2v) is 5.93. The Hall–Kier alpha value is -0.900. The van der Waals surface area contributed by atoms with Crippen LogP contribution in [0.15, 0.2) is 24.3 Å². The Bertz CT molecular complexity index is 485. The summed E-state index contributed by atoms with van der Waals surface area (Å²) < 4.78 is 5.75. The van der Waals surface area contributed by atoms with Crippen molar-refractivity contribution in [3.05, 3.63) is 35.4 Å². The number of aliphatic hydroxyl groups is 1. The van der Waals surface area contributed by atoms with Crippen LogP contribution in [0, 0.1) is 0 Å². The van der Waals surface area contributed by atoms with Crippen LogP contribution in [0.4, 0.5) is 0 Å². The van der Waals surface area contributed by atoms with Crippen molar-refractivity contribution in [2.75, 3.05) is 19.8 Å². The van der Waals surface area contributed by atoms with Gasteiger partial charge in [-0.15, -0.1) is 0 Å². The lowest BCUT2D eigenvalue weighted by Crippen LogP contribution is -2.73. The molecule has 3 nitrogen and oxygen atoms in total. The predicted molar refractivity (Wildman–Crippen MR) is 68.6 cm³/mol. The van der Waals surface area contributed by atoms with Gasteiger partial charge in [0.05, 0.1) is 17.6 Å². The monoisotopic (exact) mass is 245 g/mol. The van der Waals surface area contributed by atoms with E-state index in [4.69, 9.17) is 4.74 Å². The lowest BCUT2D eigenvalue weighted by molar-refractivity contribution is -0.171. The molecule has 0 saturated carbocycles. The van der Waals surface area contributed by atoms with Crippen LogP contribution in [-0.2, 0) is 16.6 Å². The van der Waals surface area contributed by atoms with E-state index in [9.17, 15) is 5.11 Å². The van der Waals surface area contributed by atoms with Crippen molar-refractivity contribution in [1.29, 1.82) is 0 Å². The first kappa shape index (κ1) is 11.0. The molecular weight excluding hydrogens is 226 g/mol. The summed E-state index contributed by atoms with van der Waals surface area (Å²) in [4.78, 5) is 0. The largest absolute Gasteiger partial charge is 0.387 e. The molecule has 1 aromatic rings. The maximum absolute atomic E-state index is 11.3. The fourth-order valence-corrected chi connectivity index (χ4v) is 4.34. The Morgan fingerprint density at radius 1 is 1.28 bits per heavy atom. The van der Waals surface area contributed by atoms with E-state index in [0.29, 0.717) is 13.2 Å². The Balaban J connectivity index is 1.96.